The molecule has 0 heterocycles. The van der Waals surface area contributed by atoms with Crippen molar-refractivity contribution in [1.29, 1.82) is 0 Å². The van der Waals surface area contributed by atoms with Gasteiger partial charge in [0.1, 0.15) is 12.6 Å². The first-order valence-electron chi connectivity index (χ1n) is 12.9. The Hall–Kier alpha value is -3.36. The molecule has 0 fully saturated rings. The average molecular weight is 570 g/mol. The highest BCUT2D eigenvalue weighted by molar-refractivity contribution is 7.92. The summed E-state index contributed by atoms with van der Waals surface area (Å²) in [5.74, 6) is -0.789. The van der Waals surface area contributed by atoms with Gasteiger partial charge in [-0.15, -0.1) is 0 Å². The first kappa shape index (κ1) is 30.2. The minimum absolute atomic E-state index is 0.0910. The fraction of sp³-hybridized carbons (Fsp3) is 0.333. The van der Waals surface area contributed by atoms with Crippen molar-refractivity contribution < 1.29 is 18.0 Å². The quantitative estimate of drug-likeness (QED) is 0.334. The van der Waals surface area contributed by atoms with Gasteiger partial charge in [-0.1, -0.05) is 85.3 Å². The van der Waals surface area contributed by atoms with Crippen molar-refractivity contribution in [2.45, 2.75) is 52.2 Å². The number of carbonyl (C=O) groups excluding carboxylic acids is 2. The van der Waals surface area contributed by atoms with E-state index in [0.717, 1.165) is 33.7 Å². The number of nitrogens with zero attached hydrogens (tertiary/aromatic N) is 2. The Labute approximate surface area is 236 Å². The Morgan fingerprint density at radius 2 is 1.54 bits per heavy atom. The van der Waals surface area contributed by atoms with Crippen LogP contribution in [0.2, 0.25) is 5.02 Å². The molecule has 0 aromatic heterocycles. The van der Waals surface area contributed by atoms with Crippen molar-refractivity contribution in [2.24, 2.45) is 0 Å². The monoisotopic (exact) mass is 569 g/mol. The average Bonchev–Trinajstić information content (AvgIpc) is 2.91. The molecule has 9 heteroatoms. The summed E-state index contributed by atoms with van der Waals surface area (Å²) in [7, 11) is -3.85. The number of halogens is 1. The summed E-state index contributed by atoms with van der Waals surface area (Å²) >= 11 is 6.29. The number of amides is 2. The molecule has 3 rings (SSSR count). The van der Waals surface area contributed by atoms with Crippen LogP contribution in [0.4, 0.5) is 5.69 Å². The molecule has 0 radical (unpaired) electrons. The van der Waals surface area contributed by atoms with Crippen molar-refractivity contribution in [3.63, 3.8) is 0 Å². The summed E-state index contributed by atoms with van der Waals surface area (Å²) in [4.78, 5) is 29.1. The molecule has 0 aliphatic carbocycles. The number of carbonyl (C=O) groups is 2. The second-order valence-electron chi connectivity index (χ2n) is 9.73. The van der Waals surface area contributed by atoms with Gasteiger partial charge in [0.15, 0.2) is 0 Å². The molecule has 0 unspecified atom stereocenters. The third-order valence-electron chi connectivity index (χ3n) is 6.59. The molecule has 0 saturated carbocycles. The maximum absolute atomic E-state index is 14.0. The largest absolute Gasteiger partial charge is 0.352 e. The van der Waals surface area contributed by atoms with Crippen LogP contribution in [-0.2, 0) is 32.6 Å². The minimum atomic E-state index is -3.85. The maximum Gasteiger partial charge on any atom is 0.244 e. The smallest absolute Gasteiger partial charge is 0.244 e. The molecule has 0 spiro atoms. The Balaban J connectivity index is 2.05. The van der Waals surface area contributed by atoms with E-state index in [-0.39, 0.29) is 30.6 Å². The number of rotatable bonds is 12. The lowest BCUT2D eigenvalue weighted by molar-refractivity contribution is -0.140. The van der Waals surface area contributed by atoms with Crippen LogP contribution in [0.15, 0.2) is 78.9 Å². The zero-order valence-corrected chi connectivity index (χ0v) is 24.4. The van der Waals surface area contributed by atoms with Crippen LogP contribution in [0.5, 0.6) is 0 Å². The summed E-state index contributed by atoms with van der Waals surface area (Å²) in [6, 6.07) is 22.7. The highest BCUT2D eigenvalue weighted by atomic mass is 35.5. The van der Waals surface area contributed by atoms with E-state index in [4.69, 9.17) is 11.6 Å². The lowest BCUT2D eigenvalue weighted by Gasteiger charge is -2.34. The fourth-order valence-corrected chi connectivity index (χ4v) is 5.14. The Kier molecular flexibility index (Phi) is 10.5. The number of nitrogens with one attached hydrogen (secondary N) is 1. The van der Waals surface area contributed by atoms with Crippen LogP contribution in [0, 0.1) is 6.92 Å². The molecule has 1 N–H and O–H groups in total. The van der Waals surface area contributed by atoms with E-state index in [1.807, 2.05) is 81.4 Å². The van der Waals surface area contributed by atoms with Crippen molar-refractivity contribution in [3.8, 4) is 0 Å². The Morgan fingerprint density at radius 3 is 2.08 bits per heavy atom. The topological polar surface area (TPSA) is 86.8 Å². The van der Waals surface area contributed by atoms with Gasteiger partial charge in [-0.3, -0.25) is 13.9 Å². The first-order chi connectivity index (χ1) is 18.5. The molecule has 2 atom stereocenters. The molecule has 3 aromatic carbocycles. The van der Waals surface area contributed by atoms with Gasteiger partial charge >= 0.3 is 0 Å². The molecule has 39 heavy (non-hydrogen) atoms. The van der Waals surface area contributed by atoms with Crippen LogP contribution in [0.25, 0.3) is 0 Å². The van der Waals surface area contributed by atoms with Gasteiger partial charge in [0, 0.05) is 24.0 Å². The lowest BCUT2D eigenvalue weighted by Crippen LogP contribution is -2.54. The van der Waals surface area contributed by atoms with Gasteiger partial charge in [0.05, 0.1) is 11.9 Å². The van der Waals surface area contributed by atoms with E-state index < -0.39 is 28.5 Å². The van der Waals surface area contributed by atoms with Crippen LogP contribution in [-0.4, -0.2) is 50.0 Å². The molecular formula is C30H36ClN3O4S. The molecule has 0 aliphatic heterocycles. The summed E-state index contributed by atoms with van der Waals surface area (Å²) < 4.78 is 26.7. The van der Waals surface area contributed by atoms with Gasteiger partial charge in [-0.05, 0) is 49.1 Å². The first-order valence-corrected chi connectivity index (χ1v) is 15.1. The number of anilines is 1. The molecule has 0 bridgehead atoms. The number of hydrogen-bond acceptors (Lipinski definition) is 4. The lowest BCUT2D eigenvalue weighted by atomic mass is 10.0. The minimum Gasteiger partial charge on any atom is -0.352 e. The third-order valence-corrected chi connectivity index (χ3v) is 8.14. The van der Waals surface area contributed by atoms with E-state index in [9.17, 15) is 18.0 Å². The number of benzene rings is 3. The van der Waals surface area contributed by atoms with Crippen molar-refractivity contribution >= 4 is 39.1 Å². The molecule has 7 nitrogen and oxygen atoms in total. The maximum atomic E-state index is 14.0. The second-order valence-corrected chi connectivity index (χ2v) is 12.0. The Morgan fingerprint density at radius 1 is 0.949 bits per heavy atom. The predicted octanol–water partition coefficient (Wildman–Crippen LogP) is 4.97. The highest BCUT2D eigenvalue weighted by Crippen LogP contribution is 2.25. The van der Waals surface area contributed by atoms with E-state index in [1.54, 1.807) is 12.1 Å². The van der Waals surface area contributed by atoms with E-state index in [2.05, 4.69) is 5.32 Å². The molecular weight excluding hydrogens is 534 g/mol. The Bertz CT molecular complexity index is 1370. The summed E-state index contributed by atoms with van der Waals surface area (Å²) in [5, 5.41) is 3.41. The van der Waals surface area contributed by atoms with E-state index in [1.165, 1.54) is 11.0 Å². The number of hydrogen-bond donors (Lipinski definition) is 1. The number of aryl methyl sites for hydroxylation is 1. The van der Waals surface area contributed by atoms with Crippen LogP contribution in [0.3, 0.4) is 0 Å². The van der Waals surface area contributed by atoms with Crippen LogP contribution < -0.4 is 9.62 Å². The summed E-state index contributed by atoms with van der Waals surface area (Å²) in [5.41, 5.74) is 2.78. The van der Waals surface area contributed by atoms with Gasteiger partial charge in [-0.2, -0.15) is 0 Å². The predicted molar refractivity (Wildman–Crippen MR) is 157 cm³/mol. The summed E-state index contributed by atoms with van der Waals surface area (Å²) in [6.45, 7) is 5.35. The zero-order chi connectivity index (χ0) is 28.6. The van der Waals surface area contributed by atoms with Gasteiger partial charge < -0.3 is 10.2 Å². The molecule has 3 aromatic rings. The second kappa shape index (κ2) is 13.6. The van der Waals surface area contributed by atoms with E-state index in [0.29, 0.717) is 5.02 Å². The highest BCUT2D eigenvalue weighted by Gasteiger charge is 2.33. The van der Waals surface area contributed by atoms with Crippen molar-refractivity contribution in [1.82, 2.24) is 10.2 Å². The molecule has 0 saturated heterocycles. The zero-order valence-electron chi connectivity index (χ0n) is 22.8. The molecule has 208 valence electrons. The SMILES string of the molecule is CC[C@H](C)NC(=O)[C@H](Cc1ccccc1)N(Cc1ccccc1)C(=O)CN(c1ccc(C)c(Cl)c1)S(C)(=O)=O. The van der Waals surface area contributed by atoms with Gasteiger partial charge in [0.2, 0.25) is 21.8 Å². The summed E-state index contributed by atoms with van der Waals surface area (Å²) in [6.07, 6.45) is 2.05. The van der Waals surface area contributed by atoms with Crippen LogP contribution >= 0.6 is 11.6 Å². The fourth-order valence-electron chi connectivity index (χ4n) is 4.13. The van der Waals surface area contributed by atoms with E-state index >= 15 is 0 Å². The van der Waals surface area contributed by atoms with Crippen molar-refractivity contribution in [2.75, 3.05) is 17.1 Å². The molecule has 2 amide bonds. The van der Waals surface area contributed by atoms with Gasteiger partial charge in [-0.25, -0.2) is 8.42 Å². The van der Waals surface area contributed by atoms with Crippen molar-refractivity contribution in [3.05, 3.63) is 101 Å². The number of sulfonamides is 1. The normalized spacial score (nSPS) is 12.8. The van der Waals surface area contributed by atoms with Gasteiger partial charge in [0.25, 0.3) is 0 Å². The molecule has 0 aliphatic rings. The standard InChI is InChI=1S/C30H36ClN3O4S/c1-5-23(3)32-30(36)28(18-24-12-8-6-9-13-24)33(20-25-14-10-7-11-15-25)29(35)21-34(39(4,37)38)26-17-16-22(2)27(31)19-26/h6-17,19,23,28H,5,18,20-21H2,1-4H3,(H,32,36)/t23-,28-/m0/s1. The third kappa shape index (κ3) is 8.57. The van der Waals surface area contributed by atoms with Crippen LogP contribution in [0.1, 0.15) is 37.0 Å².